The van der Waals surface area contributed by atoms with E-state index in [4.69, 9.17) is 0 Å². The number of rotatable bonds is 3. The average molecular weight is 443 g/mol. The van der Waals surface area contributed by atoms with Crippen molar-refractivity contribution in [3.8, 4) is 11.1 Å². The van der Waals surface area contributed by atoms with E-state index in [9.17, 15) is 0 Å². The van der Waals surface area contributed by atoms with Gasteiger partial charge in [0.15, 0.2) is 0 Å². The van der Waals surface area contributed by atoms with E-state index < -0.39 is 0 Å². The van der Waals surface area contributed by atoms with Crippen molar-refractivity contribution in [1.29, 1.82) is 0 Å². The number of anilines is 2. The lowest BCUT2D eigenvalue weighted by atomic mass is 10.0. The number of halogens is 1. The van der Waals surface area contributed by atoms with Crippen LogP contribution in [0.1, 0.15) is 5.56 Å². The van der Waals surface area contributed by atoms with Gasteiger partial charge in [-0.25, -0.2) is 9.97 Å². The van der Waals surface area contributed by atoms with Crippen molar-refractivity contribution >= 4 is 55.6 Å². The Morgan fingerprint density at radius 1 is 0.958 bits per heavy atom. The molecule has 0 saturated carbocycles. The van der Waals surface area contributed by atoms with E-state index in [1.165, 1.54) is 20.3 Å². The van der Waals surface area contributed by atoms with Gasteiger partial charge < -0.3 is 5.32 Å². The maximum atomic E-state index is 4.48. The molecule has 4 aromatic rings. The van der Waals surface area contributed by atoms with Crippen LogP contribution < -0.4 is 5.32 Å². The first-order valence-corrected chi connectivity index (χ1v) is 9.48. The zero-order valence-corrected chi connectivity index (χ0v) is 15.9. The van der Waals surface area contributed by atoms with Crippen molar-refractivity contribution < 1.29 is 0 Å². The third kappa shape index (κ3) is 3.01. The monoisotopic (exact) mass is 443 g/mol. The predicted molar refractivity (Wildman–Crippen MR) is 110 cm³/mol. The van der Waals surface area contributed by atoms with Crippen molar-refractivity contribution in [3.05, 3.63) is 69.4 Å². The smallest absolute Gasteiger partial charge is 0.143 e. The van der Waals surface area contributed by atoms with Crippen LogP contribution >= 0.6 is 33.9 Å². The number of nitrogens with zero attached hydrogens (tertiary/aromatic N) is 2. The summed E-state index contributed by atoms with van der Waals surface area (Å²) >= 11 is 3.95. The average Bonchev–Trinajstić information content (AvgIpc) is 3.03. The van der Waals surface area contributed by atoms with Crippen LogP contribution in [0, 0.1) is 10.5 Å². The van der Waals surface area contributed by atoms with Crippen LogP contribution in [0.3, 0.4) is 0 Å². The summed E-state index contributed by atoms with van der Waals surface area (Å²) in [6.07, 6.45) is 1.62. The van der Waals surface area contributed by atoms with Gasteiger partial charge in [0, 0.05) is 20.2 Å². The molecule has 0 fully saturated rings. The molecule has 0 aliphatic heterocycles. The van der Waals surface area contributed by atoms with Crippen molar-refractivity contribution in [1.82, 2.24) is 9.97 Å². The number of fused-ring (bicyclic) bond motifs is 1. The number of hydrogen-bond acceptors (Lipinski definition) is 4. The van der Waals surface area contributed by atoms with Gasteiger partial charge in [0.1, 0.15) is 17.0 Å². The molecule has 3 nitrogen and oxygen atoms in total. The van der Waals surface area contributed by atoms with E-state index in [1.54, 1.807) is 17.7 Å². The Labute approximate surface area is 157 Å². The standard InChI is InChI=1S/C19H14IN3S/c1-12-2-4-13(5-3-12)16-10-24-19-17(16)18(21-11-22-19)23-15-8-6-14(20)7-9-15/h2-11H,1H3,(H,21,22,23). The molecule has 2 aromatic heterocycles. The zero-order valence-electron chi connectivity index (χ0n) is 13.0. The highest BCUT2D eigenvalue weighted by Crippen LogP contribution is 2.37. The van der Waals surface area contributed by atoms with Crippen molar-refractivity contribution in [2.45, 2.75) is 6.92 Å². The van der Waals surface area contributed by atoms with Gasteiger partial charge in [-0.05, 0) is 59.3 Å². The quantitative estimate of drug-likeness (QED) is 0.394. The van der Waals surface area contributed by atoms with Crippen LogP contribution in [0.5, 0.6) is 0 Å². The van der Waals surface area contributed by atoms with E-state index in [0.29, 0.717) is 0 Å². The molecular weight excluding hydrogens is 429 g/mol. The summed E-state index contributed by atoms with van der Waals surface area (Å²) in [6.45, 7) is 2.10. The van der Waals surface area contributed by atoms with Gasteiger partial charge >= 0.3 is 0 Å². The Bertz CT molecular complexity index is 991. The van der Waals surface area contributed by atoms with Crippen molar-refractivity contribution in [2.75, 3.05) is 5.32 Å². The Kier molecular flexibility index (Phi) is 4.20. The van der Waals surface area contributed by atoms with Gasteiger partial charge in [0.25, 0.3) is 0 Å². The lowest BCUT2D eigenvalue weighted by molar-refractivity contribution is 1.23. The molecule has 2 aromatic carbocycles. The van der Waals surface area contributed by atoms with Crippen LogP contribution in [0.4, 0.5) is 11.5 Å². The molecule has 0 bridgehead atoms. The Balaban J connectivity index is 1.82. The molecule has 5 heteroatoms. The second kappa shape index (κ2) is 6.49. The summed E-state index contributed by atoms with van der Waals surface area (Å²) in [5.41, 5.74) is 4.64. The van der Waals surface area contributed by atoms with Gasteiger partial charge in [-0.15, -0.1) is 11.3 Å². The maximum absolute atomic E-state index is 4.48. The molecule has 0 spiro atoms. The Morgan fingerprint density at radius 3 is 2.46 bits per heavy atom. The molecule has 0 atom stereocenters. The minimum Gasteiger partial charge on any atom is -0.340 e. The number of aromatic nitrogens is 2. The summed E-state index contributed by atoms with van der Waals surface area (Å²) in [7, 11) is 0. The summed E-state index contributed by atoms with van der Waals surface area (Å²) in [4.78, 5) is 9.90. The van der Waals surface area contributed by atoms with Crippen LogP contribution in [0.25, 0.3) is 21.3 Å². The number of nitrogens with one attached hydrogen (secondary N) is 1. The normalized spacial score (nSPS) is 10.9. The minimum atomic E-state index is 0.845. The molecule has 0 radical (unpaired) electrons. The first-order chi connectivity index (χ1) is 11.7. The van der Waals surface area contributed by atoms with Crippen molar-refractivity contribution in [3.63, 3.8) is 0 Å². The minimum absolute atomic E-state index is 0.845. The van der Waals surface area contributed by atoms with Crippen LogP contribution in [0.2, 0.25) is 0 Å². The Morgan fingerprint density at radius 2 is 1.71 bits per heavy atom. The molecule has 0 aliphatic rings. The second-order valence-corrected chi connectivity index (χ2v) is 7.65. The molecule has 0 aliphatic carbocycles. The van der Waals surface area contributed by atoms with Crippen LogP contribution in [-0.2, 0) is 0 Å². The fraction of sp³-hybridized carbons (Fsp3) is 0.0526. The first-order valence-electron chi connectivity index (χ1n) is 7.52. The predicted octanol–water partition coefficient (Wildman–Crippen LogP) is 6.01. The van der Waals surface area contributed by atoms with Gasteiger partial charge in [-0.1, -0.05) is 29.8 Å². The fourth-order valence-electron chi connectivity index (χ4n) is 2.59. The highest BCUT2D eigenvalue weighted by atomic mass is 127. The summed E-state index contributed by atoms with van der Waals surface area (Å²) < 4.78 is 1.21. The molecular formula is C19H14IN3S. The fourth-order valence-corrected chi connectivity index (χ4v) is 3.86. The van der Waals surface area contributed by atoms with E-state index >= 15 is 0 Å². The third-order valence-corrected chi connectivity index (χ3v) is 5.45. The number of benzene rings is 2. The first kappa shape index (κ1) is 15.5. The van der Waals surface area contributed by atoms with E-state index in [-0.39, 0.29) is 0 Å². The van der Waals surface area contributed by atoms with Gasteiger partial charge in [-0.2, -0.15) is 0 Å². The summed E-state index contributed by atoms with van der Waals surface area (Å²) in [5.74, 6) is 0.845. The largest absolute Gasteiger partial charge is 0.340 e. The summed E-state index contributed by atoms with van der Waals surface area (Å²) in [6, 6.07) is 16.9. The van der Waals surface area contributed by atoms with Crippen LogP contribution in [-0.4, -0.2) is 9.97 Å². The lowest BCUT2D eigenvalue weighted by Crippen LogP contribution is -1.95. The molecule has 0 unspecified atom stereocenters. The maximum Gasteiger partial charge on any atom is 0.143 e. The highest BCUT2D eigenvalue weighted by molar-refractivity contribution is 14.1. The molecule has 0 saturated heterocycles. The lowest BCUT2D eigenvalue weighted by Gasteiger charge is -2.09. The van der Waals surface area contributed by atoms with Gasteiger partial charge in [0.05, 0.1) is 5.39 Å². The SMILES string of the molecule is Cc1ccc(-c2csc3ncnc(Nc4ccc(I)cc4)c23)cc1. The van der Waals surface area contributed by atoms with E-state index in [2.05, 4.69) is 98.7 Å². The molecule has 1 N–H and O–H groups in total. The Hall–Kier alpha value is -1.99. The highest BCUT2D eigenvalue weighted by Gasteiger charge is 2.13. The topological polar surface area (TPSA) is 37.8 Å². The van der Waals surface area contributed by atoms with Gasteiger partial charge in [-0.3, -0.25) is 0 Å². The van der Waals surface area contributed by atoms with E-state index in [0.717, 1.165) is 21.7 Å². The summed E-state index contributed by atoms with van der Waals surface area (Å²) in [5, 5.41) is 6.66. The van der Waals surface area contributed by atoms with Crippen LogP contribution in [0.15, 0.2) is 60.2 Å². The van der Waals surface area contributed by atoms with Crippen molar-refractivity contribution in [2.24, 2.45) is 0 Å². The second-order valence-electron chi connectivity index (χ2n) is 5.55. The molecule has 118 valence electrons. The third-order valence-electron chi connectivity index (χ3n) is 3.84. The number of hydrogen-bond donors (Lipinski definition) is 1. The van der Waals surface area contributed by atoms with Gasteiger partial charge in [0.2, 0.25) is 0 Å². The molecule has 0 amide bonds. The number of aryl methyl sites for hydroxylation is 1. The molecule has 24 heavy (non-hydrogen) atoms. The number of thiophene rings is 1. The molecule has 4 rings (SSSR count). The zero-order chi connectivity index (χ0) is 16.5. The van der Waals surface area contributed by atoms with E-state index in [1.807, 2.05) is 0 Å². The molecule has 2 heterocycles.